The van der Waals surface area contributed by atoms with Crippen LogP contribution in [0.4, 0.5) is 0 Å². The number of aliphatic imine (C=N–C) groups is 1. The highest BCUT2D eigenvalue weighted by molar-refractivity contribution is 14.0. The van der Waals surface area contributed by atoms with Gasteiger partial charge in [-0.05, 0) is 0 Å². The largest absolute Gasteiger partial charge is 0.443 e. The van der Waals surface area contributed by atoms with Gasteiger partial charge in [0.05, 0.1) is 19.1 Å². The standard InChI is InChI=1S/C15H24N6O.HI/c1-15(2,3)12-9-19-13(22-12)10-20-14(16-4)18-6-8-21-7-5-17-11-21;/h5,7,9,11H,6,8,10H2,1-4H3,(H2,16,18,20);1H. The molecule has 2 aromatic heterocycles. The van der Waals surface area contributed by atoms with Crippen molar-refractivity contribution in [2.75, 3.05) is 13.6 Å². The van der Waals surface area contributed by atoms with E-state index < -0.39 is 0 Å². The number of imidazole rings is 1. The Balaban J connectivity index is 0.00000264. The minimum Gasteiger partial charge on any atom is -0.443 e. The molecule has 0 aliphatic heterocycles. The molecular weight excluding hydrogens is 407 g/mol. The van der Waals surface area contributed by atoms with Crippen molar-refractivity contribution in [1.82, 2.24) is 25.2 Å². The summed E-state index contributed by atoms with van der Waals surface area (Å²) < 4.78 is 7.74. The second kappa shape index (κ2) is 8.90. The Kier molecular flexibility index (Phi) is 7.53. The number of oxazole rings is 1. The smallest absolute Gasteiger partial charge is 0.213 e. The van der Waals surface area contributed by atoms with Crippen molar-refractivity contribution >= 4 is 29.9 Å². The molecule has 0 aliphatic carbocycles. The Hall–Kier alpha value is -1.58. The van der Waals surface area contributed by atoms with Crippen molar-refractivity contribution in [1.29, 1.82) is 0 Å². The van der Waals surface area contributed by atoms with Crippen LogP contribution in [0.2, 0.25) is 0 Å². The quantitative estimate of drug-likeness (QED) is 0.430. The Morgan fingerprint density at radius 2 is 2.13 bits per heavy atom. The van der Waals surface area contributed by atoms with Crippen LogP contribution in [0.1, 0.15) is 32.4 Å². The van der Waals surface area contributed by atoms with Crippen molar-refractivity contribution in [2.24, 2.45) is 4.99 Å². The van der Waals surface area contributed by atoms with Gasteiger partial charge in [-0.1, -0.05) is 20.8 Å². The van der Waals surface area contributed by atoms with Crippen LogP contribution in [0, 0.1) is 0 Å². The van der Waals surface area contributed by atoms with E-state index in [0.29, 0.717) is 12.4 Å². The van der Waals surface area contributed by atoms with E-state index in [0.717, 1.165) is 24.8 Å². The fraction of sp³-hybridized carbons (Fsp3) is 0.533. The molecule has 0 fully saturated rings. The Morgan fingerprint density at radius 3 is 2.70 bits per heavy atom. The molecule has 128 valence electrons. The van der Waals surface area contributed by atoms with Gasteiger partial charge in [-0.25, -0.2) is 9.97 Å². The fourth-order valence-electron chi connectivity index (χ4n) is 1.84. The van der Waals surface area contributed by atoms with Crippen LogP contribution < -0.4 is 10.6 Å². The lowest BCUT2D eigenvalue weighted by Crippen LogP contribution is -2.38. The van der Waals surface area contributed by atoms with Gasteiger partial charge in [0.1, 0.15) is 5.76 Å². The molecule has 0 aromatic carbocycles. The molecule has 2 N–H and O–H groups in total. The summed E-state index contributed by atoms with van der Waals surface area (Å²) in [5.41, 5.74) is -0.0318. The van der Waals surface area contributed by atoms with Crippen LogP contribution in [0.25, 0.3) is 0 Å². The van der Waals surface area contributed by atoms with E-state index in [1.165, 1.54) is 0 Å². The minimum atomic E-state index is -0.0318. The van der Waals surface area contributed by atoms with Crippen LogP contribution in [0.3, 0.4) is 0 Å². The van der Waals surface area contributed by atoms with Gasteiger partial charge in [0.2, 0.25) is 5.89 Å². The summed E-state index contributed by atoms with van der Waals surface area (Å²) >= 11 is 0. The third kappa shape index (κ3) is 6.20. The summed E-state index contributed by atoms with van der Waals surface area (Å²) in [4.78, 5) is 12.5. The molecule has 0 unspecified atom stereocenters. The van der Waals surface area contributed by atoms with Gasteiger partial charge in [-0.15, -0.1) is 24.0 Å². The second-order valence-corrected chi connectivity index (χ2v) is 6.02. The number of guanidine groups is 1. The molecule has 0 spiro atoms. The van der Waals surface area contributed by atoms with Gasteiger partial charge in [0.15, 0.2) is 5.96 Å². The van der Waals surface area contributed by atoms with Gasteiger partial charge in [-0.3, -0.25) is 4.99 Å². The van der Waals surface area contributed by atoms with Gasteiger partial charge in [-0.2, -0.15) is 0 Å². The first-order chi connectivity index (χ1) is 10.5. The third-order valence-corrected chi connectivity index (χ3v) is 3.15. The van der Waals surface area contributed by atoms with Crippen molar-refractivity contribution in [3.8, 4) is 0 Å². The predicted molar refractivity (Wildman–Crippen MR) is 101 cm³/mol. The number of nitrogens with zero attached hydrogens (tertiary/aromatic N) is 4. The topological polar surface area (TPSA) is 80.3 Å². The van der Waals surface area contributed by atoms with Gasteiger partial charge < -0.3 is 19.6 Å². The summed E-state index contributed by atoms with van der Waals surface area (Å²) in [5.74, 6) is 2.26. The number of hydrogen-bond acceptors (Lipinski definition) is 4. The molecule has 7 nitrogen and oxygen atoms in total. The van der Waals surface area contributed by atoms with Crippen molar-refractivity contribution < 1.29 is 4.42 Å². The number of aromatic nitrogens is 3. The number of halogens is 1. The maximum atomic E-state index is 5.74. The molecule has 2 rings (SSSR count). The molecule has 23 heavy (non-hydrogen) atoms. The van der Waals surface area contributed by atoms with E-state index in [9.17, 15) is 0 Å². The van der Waals surface area contributed by atoms with E-state index in [1.807, 2.05) is 10.8 Å². The third-order valence-electron chi connectivity index (χ3n) is 3.15. The monoisotopic (exact) mass is 432 g/mol. The number of hydrogen-bond donors (Lipinski definition) is 2. The van der Waals surface area contributed by atoms with Gasteiger partial charge in [0.25, 0.3) is 0 Å². The summed E-state index contributed by atoms with van der Waals surface area (Å²) in [6, 6.07) is 0. The lowest BCUT2D eigenvalue weighted by atomic mass is 9.94. The Morgan fingerprint density at radius 1 is 1.35 bits per heavy atom. The predicted octanol–water partition coefficient (Wildman–Crippen LogP) is 2.15. The maximum absolute atomic E-state index is 5.74. The average Bonchev–Trinajstić information content (AvgIpc) is 3.13. The Labute approximate surface area is 154 Å². The highest BCUT2D eigenvalue weighted by Gasteiger charge is 2.19. The van der Waals surface area contributed by atoms with Crippen molar-refractivity contribution in [3.05, 3.63) is 36.6 Å². The zero-order valence-corrected chi connectivity index (χ0v) is 16.4. The van der Waals surface area contributed by atoms with Crippen LogP contribution in [-0.4, -0.2) is 34.1 Å². The fourth-order valence-corrected chi connectivity index (χ4v) is 1.84. The van der Waals surface area contributed by atoms with E-state index >= 15 is 0 Å². The lowest BCUT2D eigenvalue weighted by molar-refractivity contribution is 0.379. The summed E-state index contributed by atoms with van der Waals surface area (Å²) in [5, 5.41) is 6.42. The number of nitrogens with one attached hydrogen (secondary N) is 2. The van der Waals surface area contributed by atoms with Crippen molar-refractivity contribution in [2.45, 2.75) is 39.3 Å². The first-order valence-corrected chi connectivity index (χ1v) is 7.34. The van der Waals surface area contributed by atoms with E-state index in [2.05, 4.69) is 46.4 Å². The lowest BCUT2D eigenvalue weighted by Gasteiger charge is -2.13. The SMILES string of the molecule is CN=C(NCCn1ccnc1)NCc1ncc(C(C)(C)C)o1.I. The second-order valence-electron chi connectivity index (χ2n) is 6.02. The molecule has 0 bridgehead atoms. The highest BCUT2D eigenvalue weighted by Crippen LogP contribution is 2.22. The zero-order chi connectivity index (χ0) is 16.0. The van der Waals surface area contributed by atoms with Gasteiger partial charge >= 0.3 is 0 Å². The molecule has 8 heteroatoms. The summed E-state index contributed by atoms with van der Waals surface area (Å²) in [6.07, 6.45) is 7.27. The number of rotatable bonds is 5. The normalized spacial score (nSPS) is 11.9. The molecule has 0 saturated carbocycles. The van der Waals surface area contributed by atoms with Crippen LogP contribution in [0.15, 0.2) is 34.3 Å². The van der Waals surface area contributed by atoms with Crippen LogP contribution >= 0.6 is 24.0 Å². The summed E-state index contributed by atoms with van der Waals surface area (Å²) in [7, 11) is 1.74. The van der Waals surface area contributed by atoms with Crippen LogP contribution in [-0.2, 0) is 18.5 Å². The molecule has 2 aromatic rings. The summed E-state index contributed by atoms with van der Waals surface area (Å²) in [6.45, 7) is 8.38. The molecular formula is C15H25IN6O. The molecule has 2 heterocycles. The average molecular weight is 432 g/mol. The first-order valence-electron chi connectivity index (χ1n) is 7.34. The maximum Gasteiger partial charge on any atom is 0.213 e. The first kappa shape index (κ1) is 19.5. The molecule has 0 radical (unpaired) electrons. The molecule has 0 atom stereocenters. The minimum absolute atomic E-state index is 0. The van der Waals surface area contributed by atoms with E-state index in [1.54, 1.807) is 25.8 Å². The Bertz CT molecular complexity index is 600. The van der Waals surface area contributed by atoms with Crippen molar-refractivity contribution in [3.63, 3.8) is 0 Å². The van der Waals surface area contributed by atoms with E-state index in [4.69, 9.17) is 4.42 Å². The molecule has 0 amide bonds. The molecule has 0 saturated heterocycles. The zero-order valence-electron chi connectivity index (χ0n) is 14.0. The van der Waals surface area contributed by atoms with E-state index in [-0.39, 0.29) is 29.4 Å². The molecule has 0 aliphatic rings. The van der Waals surface area contributed by atoms with Crippen LogP contribution in [0.5, 0.6) is 0 Å². The van der Waals surface area contributed by atoms with Gasteiger partial charge in [0, 0.05) is 37.9 Å². The highest BCUT2D eigenvalue weighted by atomic mass is 127.